The lowest BCUT2D eigenvalue weighted by atomic mass is 10.2. The van der Waals surface area contributed by atoms with Gasteiger partial charge >= 0.3 is 12.2 Å². The maximum Gasteiger partial charge on any atom is 0.431 e. The highest BCUT2D eigenvalue weighted by Gasteiger charge is 2.17. The van der Waals surface area contributed by atoms with Crippen LogP contribution in [0.1, 0.15) is 49.0 Å². The molecule has 0 saturated heterocycles. The molecule has 0 aliphatic heterocycles. The first-order valence-corrected chi connectivity index (χ1v) is 10.7. The Labute approximate surface area is 206 Å². The summed E-state index contributed by atoms with van der Waals surface area (Å²) in [6.45, 7) is 11.1. The summed E-state index contributed by atoms with van der Waals surface area (Å²) in [4.78, 5) is 55.3. The van der Waals surface area contributed by atoms with Gasteiger partial charge in [-0.3, -0.25) is 19.3 Å². The predicted octanol–water partition coefficient (Wildman–Crippen LogP) is 0.801. The minimum atomic E-state index is -0.785. The van der Waals surface area contributed by atoms with Crippen molar-refractivity contribution in [1.82, 2.24) is 21.6 Å². The van der Waals surface area contributed by atoms with Crippen LogP contribution < -0.4 is 21.6 Å². The van der Waals surface area contributed by atoms with Gasteiger partial charge in [0.05, 0.1) is 26.4 Å². The normalized spacial score (nSPS) is 11.0. The lowest BCUT2D eigenvalue weighted by Crippen LogP contribution is -2.37. The van der Waals surface area contributed by atoms with E-state index in [1.807, 2.05) is 11.0 Å². The molecule has 35 heavy (non-hydrogen) atoms. The van der Waals surface area contributed by atoms with Crippen molar-refractivity contribution in [2.24, 2.45) is 0 Å². The van der Waals surface area contributed by atoms with Gasteiger partial charge in [-0.15, -0.1) is 0 Å². The fraction of sp³-hybridized carbons (Fsp3) is 0.810. The Balaban J connectivity index is 0. The van der Waals surface area contributed by atoms with Gasteiger partial charge < -0.3 is 29.6 Å². The second-order valence-corrected chi connectivity index (χ2v) is 8.71. The molecule has 0 aliphatic rings. The SMILES string of the molecule is C.CC(C)(C)OC(=O)NOCC(=O)NCCOCCOCCNC(=O)CONC(=O)OC(C)(C)C. The third-order valence-electron chi connectivity index (χ3n) is 3.02. The fourth-order valence-corrected chi connectivity index (χ4v) is 1.87. The average molecular weight is 511 g/mol. The molecule has 0 atom stereocenters. The molecule has 0 unspecified atom stereocenters. The summed E-state index contributed by atoms with van der Waals surface area (Å²) in [5.74, 6) is -0.867. The molecule has 14 heteroatoms. The standard InChI is InChI=1S/C20H38N4O10.CH4/c1-19(2,3)33-17(27)23-31-13-15(25)21-7-9-29-11-12-30-10-8-22-16(26)14-32-24-18(28)34-20(4,5)6;/h7-14H2,1-6H3,(H,21,25)(H,22,26)(H,23,27)(H,24,28);1H4. The quantitative estimate of drug-likeness (QED) is 0.182. The van der Waals surface area contributed by atoms with Gasteiger partial charge in [-0.2, -0.15) is 11.0 Å². The van der Waals surface area contributed by atoms with Crippen molar-refractivity contribution in [3.05, 3.63) is 0 Å². The van der Waals surface area contributed by atoms with E-state index in [9.17, 15) is 19.2 Å². The van der Waals surface area contributed by atoms with Crippen LogP contribution in [0.4, 0.5) is 9.59 Å². The molecule has 4 N–H and O–H groups in total. The summed E-state index contributed by atoms with van der Waals surface area (Å²) in [5.41, 5.74) is 2.69. The summed E-state index contributed by atoms with van der Waals surface area (Å²) in [5, 5.41) is 5.10. The molecule has 0 radical (unpaired) electrons. The van der Waals surface area contributed by atoms with Gasteiger partial charge in [0, 0.05) is 13.1 Å². The highest BCUT2D eigenvalue weighted by atomic mass is 16.7. The van der Waals surface area contributed by atoms with Crippen LogP contribution in [-0.2, 0) is 38.2 Å². The Bertz CT molecular complexity index is 579. The third kappa shape index (κ3) is 25.8. The van der Waals surface area contributed by atoms with E-state index in [4.69, 9.17) is 28.6 Å². The largest absolute Gasteiger partial charge is 0.442 e. The summed E-state index contributed by atoms with van der Waals surface area (Å²) in [6.07, 6.45) is -1.57. The van der Waals surface area contributed by atoms with Crippen molar-refractivity contribution >= 4 is 24.0 Å². The van der Waals surface area contributed by atoms with E-state index in [2.05, 4.69) is 10.6 Å². The van der Waals surface area contributed by atoms with Crippen molar-refractivity contribution in [3.8, 4) is 0 Å². The molecule has 0 saturated carbocycles. The number of hydrogen-bond donors (Lipinski definition) is 4. The fourth-order valence-electron chi connectivity index (χ4n) is 1.87. The molecule has 0 rings (SSSR count). The molecule has 14 nitrogen and oxygen atoms in total. The third-order valence-corrected chi connectivity index (χ3v) is 3.02. The number of hydrogen-bond acceptors (Lipinski definition) is 10. The van der Waals surface area contributed by atoms with Crippen LogP contribution in [0.2, 0.25) is 0 Å². The zero-order valence-electron chi connectivity index (χ0n) is 20.7. The lowest BCUT2D eigenvalue weighted by molar-refractivity contribution is -0.129. The van der Waals surface area contributed by atoms with E-state index >= 15 is 0 Å². The molecule has 206 valence electrons. The molecular weight excluding hydrogens is 468 g/mol. The number of rotatable bonds is 15. The second-order valence-electron chi connectivity index (χ2n) is 8.71. The van der Waals surface area contributed by atoms with Gasteiger partial charge in [-0.05, 0) is 41.5 Å². The number of ether oxygens (including phenoxy) is 4. The monoisotopic (exact) mass is 510 g/mol. The van der Waals surface area contributed by atoms with E-state index in [0.717, 1.165) is 0 Å². The van der Waals surface area contributed by atoms with Gasteiger partial charge in [0.25, 0.3) is 0 Å². The van der Waals surface area contributed by atoms with Crippen molar-refractivity contribution in [2.45, 2.75) is 60.2 Å². The lowest BCUT2D eigenvalue weighted by Gasteiger charge is -2.19. The van der Waals surface area contributed by atoms with E-state index in [-0.39, 0.29) is 46.9 Å². The smallest absolute Gasteiger partial charge is 0.431 e. The topological polar surface area (TPSA) is 172 Å². The molecule has 0 spiro atoms. The van der Waals surface area contributed by atoms with Crippen LogP contribution in [0.25, 0.3) is 0 Å². The number of amides is 4. The van der Waals surface area contributed by atoms with E-state index in [0.29, 0.717) is 13.2 Å². The minimum absolute atomic E-state index is 0. The zero-order valence-corrected chi connectivity index (χ0v) is 20.7. The Kier molecular flexibility index (Phi) is 18.4. The number of carbonyl (C=O) groups is 4. The van der Waals surface area contributed by atoms with Crippen LogP contribution in [0.15, 0.2) is 0 Å². The Morgan fingerprint density at radius 3 is 1.26 bits per heavy atom. The highest BCUT2D eigenvalue weighted by Crippen LogP contribution is 2.06. The number of carbonyl (C=O) groups excluding carboxylic acids is 4. The first-order chi connectivity index (χ1) is 15.8. The molecule has 0 bridgehead atoms. The molecule has 0 aliphatic carbocycles. The Morgan fingerprint density at radius 2 is 0.943 bits per heavy atom. The van der Waals surface area contributed by atoms with Crippen LogP contribution in [-0.4, -0.2) is 87.9 Å². The molecule has 0 aromatic rings. The first-order valence-electron chi connectivity index (χ1n) is 10.7. The number of nitrogens with one attached hydrogen (secondary N) is 4. The van der Waals surface area contributed by atoms with E-state index in [1.54, 1.807) is 41.5 Å². The van der Waals surface area contributed by atoms with Crippen LogP contribution in [0.5, 0.6) is 0 Å². The van der Waals surface area contributed by atoms with Crippen LogP contribution in [0.3, 0.4) is 0 Å². The second kappa shape index (κ2) is 18.6. The van der Waals surface area contributed by atoms with Gasteiger partial charge in [0.1, 0.15) is 11.2 Å². The van der Waals surface area contributed by atoms with Crippen LogP contribution in [0, 0.1) is 0 Å². The van der Waals surface area contributed by atoms with Gasteiger partial charge in [0.15, 0.2) is 13.2 Å². The zero-order chi connectivity index (χ0) is 26.0. The maximum atomic E-state index is 11.5. The summed E-state index contributed by atoms with van der Waals surface area (Å²) < 4.78 is 20.5. The van der Waals surface area contributed by atoms with Crippen LogP contribution >= 0.6 is 0 Å². The molecular formula is C21H42N4O10. The van der Waals surface area contributed by atoms with Gasteiger partial charge in [-0.25, -0.2) is 9.59 Å². The minimum Gasteiger partial charge on any atom is -0.442 e. The molecule has 4 amide bonds. The van der Waals surface area contributed by atoms with Crippen molar-refractivity contribution < 1.29 is 47.8 Å². The molecule has 0 fully saturated rings. The van der Waals surface area contributed by atoms with Crippen molar-refractivity contribution in [1.29, 1.82) is 0 Å². The molecule has 0 aromatic carbocycles. The highest BCUT2D eigenvalue weighted by molar-refractivity contribution is 5.77. The van der Waals surface area contributed by atoms with Crippen molar-refractivity contribution in [3.63, 3.8) is 0 Å². The van der Waals surface area contributed by atoms with E-state index < -0.39 is 35.2 Å². The average Bonchev–Trinajstić information content (AvgIpc) is 2.66. The Hall–Kier alpha value is -2.68. The van der Waals surface area contributed by atoms with Crippen molar-refractivity contribution in [2.75, 3.05) is 52.7 Å². The first kappa shape index (κ1) is 34.5. The predicted molar refractivity (Wildman–Crippen MR) is 125 cm³/mol. The summed E-state index contributed by atoms with van der Waals surface area (Å²) in [7, 11) is 0. The summed E-state index contributed by atoms with van der Waals surface area (Å²) in [6, 6.07) is 0. The van der Waals surface area contributed by atoms with Gasteiger partial charge in [0.2, 0.25) is 11.8 Å². The van der Waals surface area contributed by atoms with E-state index in [1.165, 1.54) is 0 Å². The maximum absolute atomic E-state index is 11.5. The number of hydroxylamine groups is 2. The molecule has 0 aromatic heterocycles. The Morgan fingerprint density at radius 1 is 0.600 bits per heavy atom. The summed E-state index contributed by atoms with van der Waals surface area (Å²) >= 11 is 0. The van der Waals surface area contributed by atoms with Gasteiger partial charge in [-0.1, -0.05) is 7.43 Å². The molecule has 0 heterocycles.